The lowest BCUT2D eigenvalue weighted by Gasteiger charge is -2.30. The van der Waals surface area contributed by atoms with Crippen molar-refractivity contribution < 1.29 is 4.79 Å². The van der Waals surface area contributed by atoms with Crippen LogP contribution in [0.25, 0.3) is 0 Å². The van der Waals surface area contributed by atoms with Crippen molar-refractivity contribution in [2.24, 2.45) is 0 Å². The summed E-state index contributed by atoms with van der Waals surface area (Å²) in [5.41, 5.74) is 1.49. The van der Waals surface area contributed by atoms with E-state index in [1.807, 2.05) is 32.8 Å². The summed E-state index contributed by atoms with van der Waals surface area (Å²) in [6.45, 7) is 7.50. The summed E-state index contributed by atoms with van der Waals surface area (Å²) in [6.07, 6.45) is 1.60. The molecule has 1 aromatic heterocycles. The largest absolute Gasteiger partial charge is 0.335 e. The van der Waals surface area contributed by atoms with Crippen molar-refractivity contribution in [2.45, 2.75) is 26.8 Å². The predicted octanol–water partition coefficient (Wildman–Crippen LogP) is 1.13. The second kappa shape index (κ2) is 5.82. The Balaban J connectivity index is 2.81. The normalized spacial score (nSPS) is 12.8. The lowest BCUT2D eigenvalue weighted by Crippen LogP contribution is -2.43. The number of nitrogens with zero attached hydrogens (tertiary/aromatic N) is 3. The van der Waals surface area contributed by atoms with Crippen LogP contribution in [0.3, 0.4) is 0 Å². The molecule has 1 heterocycles. The van der Waals surface area contributed by atoms with Crippen LogP contribution >= 0.6 is 0 Å². The van der Waals surface area contributed by atoms with Crippen LogP contribution in [0.1, 0.15) is 29.9 Å². The SMILES string of the molecule is CCN(C(=O)c1cn[nH]c1C)C(C)CN(C)C. The number of aromatic amines is 1. The van der Waals surface area contributed by atoms with Gasteiger partial charge in [0.1, 0.15) is 0 Å². The van der Waals surface area contributed by atoms with E-state index in [0.29, 0.717) is 12.1 Å². The van der Waals surface area contributed by atoms with Crippen molar-refractivity contribution in [1.29, 1.82) is 0 Å². The highest BCUT2D eigenvalue weighted by Gasteiger charge is 2.22. The Morgan fingerprint density at radius 2 is 2.18 bits per heavy atom. The molecule has 1 aromatic rings. The minimum atomic E-state index is 0.0492. The van der Waals surface area contributed by atoms with Crippen molar-refractivity contribution in [3.63, 3.8) is 0 Å². The van der Waals surface area contributed by atoms with Gasteiger partial charge >= 0.3 is 0 Å². The molecule has 0 radical (unpaired) electrons. The highest BCUT2D eigenvalue weighted by molar-refractivity contribution is 5.95. The van der Waals surface area contributed by atoms with Crippen LogP contribution in [0.2, 0.25) is 0 Å². The summed E-state index contributed by atoms with van der Waals surface area (Å²) in [5, 5.41) is 6.70. The number of nitrogens with one attached hydrogen (secondary N) is 1. The van der Waals surface area contributed by atoms with E-state index in [0.717, 1.165) is 12.2 Å². The molecule has 0 spiro atoms. The Kier molecular flexibility index (Phi) is 4.69. The van der Waals surface area contributed by atoms with E-state index in [4.69, 9.17) is 0 Å². The number of carbonyl (C=O) groups excluding carboxylic acids is 1. The van der Waals surface area contributed by atoms with Crippen LogP contribution < -0.4 is 0 Å². The fraction of sp³-hybridized carbons (Fsp3) is 0.667. The van der Waals surface area contributed by atoms with Gasteiger partial charge in [-0.25, -0.2) is 0 Å². The lowest BCUT2D eigenvalue weighted by atomic mass is 10.2. The van der Waals surface area contributed by atoms with Gasteiger partial charge in [0.25, 0.3) is 5.91 Å². The first-order valence-corrected chi connectivity index (χ1v) is 5.93. The highest BCUT2D eigenvalue weighted by atomic mass is 16.2. The maximum absolute atomic E-state index is 12.3. The molecular formula is C12H22N4O. The third-order valence-electron chi connectivity index (χ3n) is 2.82. The second-order valence-electron chi connectivity index (χ2n) is 4.61. The minimum absolute atomic E-state index is 0.0492. The van der Waals surface area contributed by atoms with Crippen LogP contribution in [0.5, 0.6) is 0 Å². The van der Waals surface area contributed by atoms with Crippen molar-refractivity contribution >= 4 is 5.91 Å². The number of hydrogen-bond donors (Lipinski definition) is 1. The molecule has 0 bridgehead atoms. The molecule has 0 saturated heterocycles. The molecule has 0 aliphatic carbocycles. The Morgan fingerprint density at radius 3 is 2.59 bits per heavy atom. The summed E-state index contributed by atoms with van der Waals surface area (Å²) in [6, 6.07) is 0.191. The van der Waals surface area contributed by atoms with Crippen LogP contribution in [0, 0.1) is 6.92 Å². The zero-order valence-electron chi connectivity index (χ0n) is 11.3. The van der Waals surface area contributed by atoms with Crippen LogP contribution in [0.4, 0.5) is 0 Å². The summed E-state index contributed by atoms with van der Waals surface area (Å²) in [7, 11) is 4.02. The van der Waals surface area contributed by atoms with Gasteiger partial charge < -0.3 is 9.80 Å². The number of aromatic nitrogens is 2. The van der Waals surface area contributed by atoms with Crippen LogP contribution in [-0.2, 0) is 0 Å². The number of rotatable bonds is 5. The average Bonchev–Trinajstić information content (AvgIpc) is 2.64. The summed E-state index contributed by atoms with van der Waals surface area (Å²) in [5.74, 6) is 0.0492. The summed E-state index contributed by atoms with van der Waals surface area (Å²) < 4.78 is 0. The molecule has 1 N–H and O–H groups in total. The van der Waals surface area contributed by atoms with Gasteiger partial charge in [-0.1, -0.05) is 0 Å². The number of amides is 1. The van der Waals surface area contributed by atoms with Crippen LogP contribution in [0.15, 0.2) is 6.20 Å². The van der Waals surface area contributed by atoms with E-state index in [-0.39, 0.29) is 11.9 Å². The van der Waals surface area contributed by atoms with Crippen molar-refractivity contribution in [3.8, 4) is 0 Å². The third-order valence-corrected chi connectivity index (χ3v) is 2.82. The maximum Gasteiger partial charge on any atom is 0.257 e. The molecule has 1 rings (SSSR count). The molecule has 5 nitrogen and oxygen atoms in total. The Labute approximate surface area is 103 Å². The molecule has 5 heteroatoms. The van der Waals surface area contributed by atoms with Crippen molar-refractivity contribution in [3.05, 3.63) is 17.5 Å². The molecule has 0 fully saturated rings. The smallest absolute Gasteiger partial charge is 0.257 e. The Hall–Kier alpha value is -1.36. The molecule has 17 heavy (non-hydrogen) atoms. The topological polar surface area (TPSA) is 52.2 Å². The van der Waals surface area contributed by atoms with Gasteiger partial charge in [0.05, 0.1) is 11.8 Å². The summed E-state index contributed by atoms with van der Waals surface area (Å²) in [4.78, 5) is 16.3. The number of H-pyrrole nitrogens is 1. The van der Waals surface area contributed by atoms with E-state index in [1.165, 1.54) is 0 Å². The number of likely N-dealkylation sites (N-methyl/N-ethyl adjacent to an activating group) is 2. The second-order valence-corrected chi connectivity index (χ2v) is 4.61. The molecule has 1 atom stereocenters. The van der Waals surface area contributed by atoms with E-state index >= 15 is 0 Å². The maximum atomic E-state index is 12.3. The zero-order valence-corrected chi connectivity index (χ0v) is 11.3. The van der Waals surface area contributed by atoms with Gasteiger partial charge in [0.15, 0.2) is 0 Å². The third kappa shape index (κ3) is 3.30. The zero-order chi connectivity index (χ0) is 13.0. The number of carbonyl (C=O) groups is 1. The fourth-order valence-corrected chi connectivity index (χ4v) is 2.00. The van der Waals surface area contributed by atoms with Gasteiger partial charge in [0, 0.05) is 24.8 Å². The lowest BCUT2D eigenvalue weighted by molar-refractivity contribution is 0.0678. The molecule has 0 aliphatic rings. The molecule has 1 amide bonds. The van der Waals surface area contributed by atoms with Gasteiger partial charge in [-0.3, -0.25) is 9.89 Å². The van der Waals surface area contributed by atoms with Crippen molar-refractivity contribution in [2.75, 3.05) is 27.2 Å². The van der Waals surface area contributed by atoms with E-state index < -0.39 is 0 Å². The minimum Gasteiger partial charge on any atom is -0.335 e. The quantitative estimate of drug-likeness (QED) is 0.836. The van der Waals surface area contributed by atoms with E-state index in [1.54, 1.807) is 6.20 Å². The fourth-order valence-electron chi connectivity index (χ4n) is 2.00. The van der Waals surface area contributed by atoms with Crippen molar-refractivity contribution in [1.82, 2.24) is 20.0 Å². The number of hydrogen-bond acceptors (Lipinski definition) is 3. The number of aryl methyl sites for hydroxylation is 1. The molecular weight excluding hydrogens is 216 g/mol. The first kappa shape index (κ1) is 13.7. The molecule has 0 saturated carbocycles. The van der Waals surface area contributed by atoms with Gasteiger partial charge in [-0.2, -0.15) is 5.10 Å². The first-order chi connectivity index (χ1) is 7.97. The molecule has 0 aromatic carbocycles. The monoisotopic (exact) mass is 238 g/mol. The highest BCUT2D eigenvalue weighted by Crippen LogP contribution is 2.10. The predicted molar refractivity (Wildman–Crippen MR) is 68.1 cm³/mol. The van der Waals surface area contributed by atoms with Gasteiger partial charge in [-0.05, 0) is 34.9 Å². The molecule has 0 aliphatic heterocycles. The Bertz CT molecular complexity index is 372. The first-order valence-electron chi connectivity index (χ1n) is 5.93. The standard InChI is InChI=1S/C12H22N4O/c1-6-16(9(2)8-15(4)5)12(17)11-7-13-14-10(11)3/h7,9H,6,8H2,1-5H3,(H,13,14). The van der Waals surface area contributed by atoms with E-state index in [9.17, 15) is 4.79 Å². The van der Waals surface area contributed by atoms with Gasteiger partial charge in [0.2, 0.25) is 0 Å². The van der Waals surface area contributed by atoms with Crippen LogP contribution in [-0.4, -0.2) is 59.1 Å². The average molecular weight is 238 g/mol. The molecule has 96 valence electrons. The molecule has 1 unspecified atom stereocenters. The van der Waals surface area contributed by atoms with E-state index in [2.05, 4.69) is 22.0 Å². The summed E-state index contributed by atoms with van der Waals surface area (Å²) >= 11 is 0. The van der Waals surface area contributed by atoms with Gasteiger partial charge in [-0.15, -0.1) is 0 Å². The Morgan fingerprint density at radius 1 is 1.53 bits per heavy atom.